The molecule has 8 nitrogen and oxygen atoms in total. The van der Waals surface area contributed by atoms with Gasteiger partial charge in [-0.15, -0.1) is 0 Å². The molecule has 1 aliphatic heterocycles. The average molecular weight is 352 g/mol. The van der Waals surface area contributed by atoms with E-state index in [2.05, 4.69) is 10.0 Å². The number of sulfonamides is 1. The third-order valence-electron chi connectivity index (χ3n) is 3.34. The molecule has 1 aliphatic rings. The van der Waals surface area contributed by atoms with E-state index in [4.69, 9.17) is 13.9 Å². The number of hydrogen-bond donors (Lipinski definition) is 2. The van der Waals surface area contributed by atoms with Crippen molar-refractivity contribution in [1.82, 2.24) is 10.0 Å². The summed E-state index contributed by atoms with van der Waals surface area (Å²) >= 11 is 0. The Morgan fingerprint density at radius 1 is 1.17 bits per heavy atom. The maximum Gasteiger partial charge on any atom is 0.251 e. The Morgan fingerprint density at radius 2 is 2.00 bits per heavy atom. The number of ether oxygens (including phenoxy) is 2. The molecule has 0 radical (unpaired) electrons. The number of rotatable bonds is 7. The normalized spacial score (nSPS) is 13.0. The maximum atomic E-state index is 12.0. The smallest absolute Gasteiger partial charge is 0.251 e. The summed E-state index contributed by atoms with van der Waals surface area (Å²) in [5, 5.41) is 2.56. The zero-order valence-corrected chi connectivity index (χ0v) is 13.5. The van der Waals surface area contributed by atoms with Gasteiger partial charge >= 0.3 is 0 Å². The molecule has 0 aliphatic carbocycles. The monoisotopic (exact) mass is 352 g/mol. The summed E-state index contributed by atoms with van der Waals surface area (Å²) in [7, 11) is -3.51. The third kappa shape index (κ3) is 4.06. The summed E-state index contributed by atoms with van der Waals surface area (Å²) in [6.07, 6.45) is 1.47. The van der Waals surface area contributed by atoms with Crippen molar-refractivity contribution < 1.29 is 27.1 Å². The minimum absolute atomic E-state index is 0.0131. The second kappa shape index (κ2) is 6.93. The quantitative estimate of drug-likeness (QED) is 0.765. The van der Waals surface area contributed by atoms with Crippen LogP contribution in [0.4, 0.5) is 0 Å². The maximum absolute atomic E-state index is 12.0. The Balaban J connectivity index is 1.47. The fourth-order valence-corrected chi connectivity index (χ4v) is 2.98. The lowest BCUT2D eigenvalue weighted by Crippen LogP contribution is -2.34. The van der Waals surface area contributed by atoms with E-state index in [-0.39, 0.29) is 31.5 Å². The third-order valence-corrected chi connectivity index (χ3v) is 4.66. The van der Waals surface area contributed by atoms with Crippen LogP contribution in [0, 0.1) is 0 Å². The first-order chi connectivity index (χ1) is 11.5. The van der Waals surface area contributed by atoms with Gasteiger partial charge in [0, 0.05) is 12.1 Å². The molecule has 24 heavy (non-hydrogen) atoms. The highest BCUT2D eigenvalue weighted by atomic mass is 32.2. The molecule has 0 saturated heterocycles. The summed E-state index contributed by atoms with van der Waals surface area (Å²) in [5.41, 5.74) is 0.375. The number of carbonyl (C=O) groups is 1. The van der Waals surface area contributed by atoms with Crippen molar-refractivity contribution >= 4 is 15.9 Å². The fraction of sp³-hybridized carbons (Fsp3) is 0.267. The summed E-state index contributed by atoms with van der Waals surface area (Å²) in [5.74, 6) is 0.980. The van der Waals surface area contributed by atoms with Crippen LogP contribution in [0.3, 0.4) is 0 Å². The molecule has 0 atom stereocenters. The van der Waals surface area contributed by atoms with Crippen molar-refractivity contribution in [3.05, 3.63) is 47.9 Å². The van der Waals surface area contributed by atoms with Gasteiger partial charge in [0.05, 0.1) is 18.6 Å². The van der Waals surface area contributed by atoms with E-state index < -0.39 is 10.0 Å². The van der Waals surface area contributed by atoms with Gasteiger partial charge in [-0.1, -0.05) is 0 Å². The van der Waals surface area contributed by atoms with Gasteiger partial charge in [0.2, 0.25) is 16.8 Å². The Bertz CT molecular complexity index is 816. The largest absolute Gasteiger partial charge is 0.468 e. The Kier molecular flexibility index (Phi) is 4.72. The molecule has 0 saturated carbocycles. The Labute approximate surface area is 138 Å². The van der Waals surface area contributed by atoms with Crippen LogP contribution in [0.25, 0.3) is 0 Å². The molecule has 0 bridgehead atoms. The van der Waals surface area contributed by atoms with Crippen LogP contribution in [-0.4, -0.2) is 33.4 Å². The predicted molar refractivity (Wildman–Crippen MR) is 84.2 cm³/mol. The number of furan rings is 1. The lowest BCUT2D eigenvalue weighted by atomic mass is 10.2. The summed E-state index contributed by atoms with van der Waals surface area (Å²) in [6.45, 7) is 0.187. The first-order valence-corrected chi connectivity index (χ1v) is 8.86. The highest BCUT2D eigenvalue weighted by Gasteiger charge is 2.17. The van der Waals surface area contributed by atoms with Crippen molar-refractivity contribution in [3.8, 4) is 11.5 Å². The van der Waals surface area contributed by atoms with Crippen LogP contribution in [0.1, 0.15) is 16.1 Å². The highest BCUT2D eigenvalue weighted by Crippen LogP contribution is 2.32. The van der Waals surface area contributed by atoms with Crippen molar-refractivity contribution in [2.75, 3.05) is 19.1 Å². The minimum Gasteiger partial charge on any atom is -0.468 e. The fourth-order valence-electron chi connectivity index (χ4n) is 2.11. The van der Waals surface area contributed by atoms with Crippen LogP contribution in [0.2, 0.25) is 0 Å². The van der Waals surface area contributed by atoms with Gasteiger partial charge < -0.3 is 19.2 Å². The Hall–Kier alpha value is -2.52. The molecular formula is C15H16N2O6S. The van der Waals surface area contributed by atoms with E-state index in [1.807, 2.05) is 0 Å². The number of benzene rings is 1. The van der Waals surface area contributed by atoms with Gasteiger partial charge in [-0.2, -0.15) is 0 Å². The standard InChI is InChI=1S/C15H16N2O6S/c18-15(11-3-4-13-14(8-11)23-10-22-13)16-5-7-24(19,20)17-9-12-2-1-6-21-12/h1-4,6,8,17H,5,7,9-10H2,(H,16,18). The molecule has 1 amide bonds. The van der Waals surface area contributed by atoms with Crippen molar-refractivity contribution in [3.63, 3.8) is 0 Å². The molecule has 3 rings (SSSR count). The minimum atomic E-state index is -3.51. The van der Waals surface area contributed by atoms with Gasteiger partial charge in [-0.3, -0.25) is 4.79 Å². The number of nitrogens with one attached hydrogen (secondary N) is 2. The van der Waals surface area contributed by atoms with E-state index in [1.165, 1.54) is 6.26 Å². The van der Waals surface area contributed by atoms with Crippen molar-refractivity contribution in [2.45, 2.75) is 6.54 Å². The molecule has 1 aromatic heterocycles. The molecular weight excluding hydrogens is 336 g/mol. The molecule has 0 fully saturated rings. The first kappa shape index (κ1) is 16.3. The van der Waals surface area contributed by atoms with E-state index in [0.29, 0.717) is 22.8 Å². The van der Waals surface area contributed by atoms with Gasteiger partial charge in [0.15, 0.2) is 11.5 Å². The van der Waals surface area contributed by atoms with E-state index >= 15 is 0 Å². The number of fused-ring (bicyclic) bond motifs is 1. The first-order valence-electron chi connectivity index (χ1n) is 7.21. The topological polar surface area (TPSA) is 107 Å². The molecule has 9 heteroatoms. The molecule has 2 aromatic rings. The van der Waals surface area contributed by atoms with Crippen LogP contribution >= 0.6 is 0 Å². The molecule has 0 spiro atoms. The average Bonchev–Trinajstić information content (AvgIpc) is 3.23. The van der Waals surface area contributed by atoms with Gasteiger partial charge in [-0.25, -0.2) is 13.1 Å². The second-order valence-electron chi connectivity index (χ2n) is 5.04. The lowest BCUT2D eigenvalue weighted by Gasteiger charge is -2.07. The van der Waals surface area contributed by atoms with Crippen molar-refractivity contribution in [1.29, 1.82) is 0 Å². The summed E-state index contributed by atoms with van der Waals surface area (Å²) in [4.78, 5) is 12.0. The molecule has 128 valence electrons. The van der Waals surface area contributed by atoms with Crippen LogP contribution < -0.4 is 19.5 Å². The van der Waals surface area contributed by atoms with E-state index in [0.717, 1.165) is 0 Å². The van der Waals surface area contributed by atoms with Crippen molar-refractivity contribution in [2.24, 2.45) is 0 Å². The van der Waals surface area contributed by atoms with Crippen LogP contribution in [0.5, 0.6) is 11.5 Å². The SMILES string of the molecule is O=C(NCCS(=O)(=O)NCc1ccco1)c1ccc2c(c1)OCO2. The summed E-state index contributed by atoms with van der Waals surface area (Å²) in [6, 6.07) is 8.13. The molecule has 2 heterocycles. The van der Waals surface area contributed by atoms with Gasteiger partial charge in [-0.05, 0) is 30.3 Å². The zero-order chi connectivity index (χ0) is 17.0. The Morgan fingerprint density at radius 3 is 2.79 bits per heavy atom. The highest BCUT2D eigenvalue weighted by molar-refractivity contribution is 7.89. The van der Waals surface area contributed by atoms with E-state index in [9.17, 15) is 13.2 Å². The van der Waals surface area contributed by atoms with Crippen LogP contribution in [-0.2, 0) is 16.6 Å². The number of hydrogen-bond acceptors (Lipinski definition) is 6. The number of carbonyl (C=O) groups excluding carboxylic acids is 1. The van der Waals surface area contributed by atoms with Gasteiger partial charge in [0.1, 0.15) is 5.76 Å². The molecule has 1 aromatic carbocycles. The summed E-state index contributed by atoms with van der Waals surface area (Å²) < 4.78 is 41.5. The number of amides is 1. The predicted octanol–water partition coefficient (Wildman–Crippen LogP) is 0.858. The second-order valence-corrected chi connectivity index (χ2v) is 6.97. The lowest BCUT2D eigenvalue weighted by molar-refractivity contribution is 0.0955. The van der Waals surface area contributed by atoms with Crippen LogP contribution in [0.15, 0.2) is 41.0 Å². The molecule has 0 unspecified atom stereocenters. The van der Waals surface area contributed by atoms with Gasteiger partial charge in [0.25, 0.3) is 5.91 Å². The van der Waals surface area contributed by atoms with E-state index in [1.54, 1.807) is 30.3 Å². The molecule has 2 N–H and O–H groups in total. The zero-order valence-electron chi connectivity index (χ0n) is 12.7.